The molecule has 0 N–H and O–H groups in total. The normalized spacial score (nSPS) is 12.1. The lowest BCUT2D eigenvalue weighted by atomic mass is 10.1. The third-order valence-corrected chi connectivity index (χ3v) is 2.54. The molecule has 1 rings (SSSR count). The summed E-state index contributed by atoms with van der Waals surface area (Å²) in [5.74, 6) is -1.53. The molecule has 0 saturated carbocycles. The Hall–Kier alpha value is -2.17. The average molecular weight is 263 g/mol. The van der Waals surface area contributed by atoms with E-state index in [9.17, 15) is 9.59 Å². The molecule has 0 aliphatic heterocycles. The van der Waals surface area contributed by atoms with Crippen LogP contribution in [0.1, 0.15) is 12.0 Å². The molecular formula is C14H17NO4. The summed E-state index contributed by atoms with van der Waals surface area (Å²) in [4.78, 5) is 26.9. The molecule has 0 saturated heterocycles. The third kappa shape index (κ3) is 5.33. The van der Waals surface area contributed by atoms with Crippen molar-refractivity contribution in [3.63, 3.8) is 0 Å². The first-order chi connectivity index (χ1) is 9.17. The number of benzene rings is 1. The van der Waals surface area contributed by atoms with E-state index in [-0.39, 0.29) is 13.0 Å². The van der Waals surface area contributed by atoms with E-state index in [1.54, 1.807) is 6.21 Å². The van der Waals surface area contributed by atoms with Gasteiger partial charge in [-0.3, -0.25) is 14.6 Å². The SMILES string of the molecule is COC(=O)CC(CN=Cc1ccccc1)C(=O)OC. The molecule has 5 nitrogen and oxygen atoms in total. The Balaban J connectivity index is 2.60. The van der Waals surface area contributed by atoms with Crippen molar-refractivity contribution in [2.24, 2.45) is 10.9 Å². The average Bonchev–Trinajstić information content (AvgIpc) is 2.46. The molecule has 0 aliphatic rings. The van der Waals surface area contributed by atoms with Crippen molar-refractivity contribution in [2.75, 3.05) is 20.8 Å². The van der Waals surface area contributed by atoms with Crippen LogP contribution in [0, 0.1) is 5.92 Å². The van der Waals surface area contributed by atoms with Crippen molar-refractivity contribution < 1.29 is 19.1 Å². The van der Waals surface area contributed by atoms with Crippen molar-refractivity contribution in [3.8, 4) is 0 Å². The maximum atomic E-state index is 11.5. The number of rotatable bonds is 6. The molecule has 102 valence electrons. The highest BCUT2D eigenvalue weighted by atomic mass is 16.5. The number of carbonyl (C=O) groups is 2. The molecule has 0 bridgehead atoms. The van der Waals surface area contributed by atoms with Gasteiger partial charge in [0.2, 0.25) is 0 Å². The Morgan fingerprint density at radius 3 is 2.47 bits per heavy atom. The molecule has 0 aromatic heterocycles. The fraction of sp³-hybridized carbons (Fsp3) is 0.357. The van der Waals surface area contributed by atoms with Crippen LogP contribution in [-0.4, -0.2) is 38.9 Å². The van der Waals surface area contributed by atoms with Gasteiger partial charge in [0, 0.05) is 6.21 Å². The Morgan fingerprint density at radius 2 is 1.89 bits per heavy atom. The lowest BCUT2D eigenvalue weighted by Crippen LogP contribution is -2.23. The Morgan fingerprint density at radius 1 is 1.21 bits per heavy atom. The maximum Gasteiger partial charge on any atom is 0.311 e. The third-order valence-electron chi connectivity index (χ3n) is 2.54. The van der Waals surface area contributed by atoms with Crippen LogP contribution < -0.4 is 0 Å². The quantitative estimate of drug-likeness (QED) is 0.575. The van der Waals surface area contributed by atoms with Gasteiger partial charge >= 0.3 is 11.9 Å². The molecule has 0 fully saturated rings. The Kier molecular flexibility index (Phi) is 6.29. The van der Waals surface area contributed by atoms with Gasteiger partial charge in [-0.15, -0.1) is 0 Å². The van der Waals surface area contributed by atoms with E-state index in [1.807, 2.05) is 30.3 Å². The number of ether oxygens (including phenoxy) is 2. The molecule has 1 unspecified atom stereocenters. The zero-order valence-electron chi connectivity index (χ0n) is 11.0. The van der Waals surface area contributed by atoms with E-state index in [0.29, 0.717) is 0 Å². The number of carbonyl (C=O) groups excluding carboxylic acids is 2. The van der Waals surface area contributed by atoms with E-state index in [2.05, 4.69) is 14.5 Å². The summed E-state index contributed by atoms with van der Waals surface area (Å²) in [7, 11) is 2.57. The second kappa shape index (κ2) is 8.02. The molecule has 1 aromatic carbocycles. The number of methoxy groups -OCH3 is 2. The minimum Gasteiger partial charge on any atom is -0.469 e. The lowest BCUT2D eigenvalue weighted by Gasteiger charge is -2.10. The van der Waals surface area contributed by atoms with E-state index in [4.69, 9.17) is 0 Å². The zero-order chi connectivity index (χ0) is 14.1. The van der Waals surface area contributed by atoms with Crippen LogP contribution in [0.15, 0.2) is 35.3 Å². The Labute approximate surface area is 112 Å². The van der Waals surface area contributed by atoms with Crippen molar-refractivity contribution in [1.29, 1.82) is 0 Å². The van der Waals surface area contributed by atoms with E-state index < -0.39 is 17.9 Å². The maximum absolute atomic E-state index is 11.5. The van der Waals surface area contributed by atoms with Crippen LogP contribution in [0.3, 0.4) is 0 Å². The summed E-state index contributed by atoms with van der Waals surface area (Å²) in [5, 5.41) is 0. The van der Waals surface area contributed by atoms with Crippen molar-refractivity contribution in [2.45, 2.75) is 6.42 Å². The molecule has 0 heterocycles. The summed E-state index contributed by atoms with van der Waals surface area (Å²) in [6, 6.07) is 9.50. The van der Waals surface area contributed by atoms with E-state index in [0.717, 1.165) is 5.56 Å². The minimum atomic E-state index is -0.614. The standard InChI is InChI=1S/C14H17NO4/c1-18-13(16)8-12(14(17)19-2)10-15-9-11-6-4-3-5-7-11/h3-7,9,12H,8,10H2,1-2H3. The second-order valence-electron chi connectivity index (χ2n) is 3.91. The second-order valence-corrected chi connectivity index (χ2v) is 3.91. The highest BCUT2D eigenvalue weighted by molar-refractivity contribution is 5.82. The molecule has 5 heteroatoms. The van der Waals surface area contributed by atoms with Crippen molar-refractivity contribution in [3.05, 3.63) is 35.9 Å². The van der Waals surface area contributed by atoms with Crippen molar-refractivity contribution in [1.82, 2.24) is 0 Å². The number of esters is 2. The lowest BCUT2D eigenvalue weighted by molar-refractivity contribution is -0.151. The highest BCUT2D eigenvalue weighted by Crippen LogP contribution is 2.08. The highest BCUT2D eigenvalue weighted by Gasteiger charge is 2.22. The predicted molar refractivity (Wildman–Crippen MR) is 71.0 cm³/mol. The molecule has 1 aromatic rings. The van der Waals surface area contributed by atoms with Gasteiger partial charge in [-0.05, 0) is 5.56 Å². The Bertz CT molecular complexity index is 442. The smallest absolute Gasteiger partial charge is 0.311 e. The first-order valence-corrected chi connectivity index (χ1v) is 5.87. The molecule has 1 atom stereocenters. The first-order valence-electron chi connectivity index (χ1n) is 5.87. The predicted octanol–water partition coefficient (Wildman–Crippen LogP) is 1.46. The number of hydrogen-bond acceptors (Lipinski definition) is 5. The molecule has 0 amide bonds. The topological polar surface area (TPSA) is 65.0 Å². The largest absolute Gasteiger partial charge is 0.469 e. The molecular weight excluding hydrogens is 246 g/mol. The van der Waals surface area contributed by atoms with Crippen LogP contribution in [0.25, 0.3) is 0 Å². The number of aliphatic imine (C=N–C) groups is 1. The number of nitrogens with zero attached hydrogens (tertiary/aromatic N) is 1. The molecule has 0 spiro atoms. The van der Waals surface area contributed by atoms with Crippen LogP contribution in [-0.2, 0) is 19.1 Å². The van der Waals surface area contributed by atoms with Gasteiger partial charge in [0.15, 0.2) is 0 Å². The van der Waals surface area contributed by atoms with Crippen LogP contribution in [0.2, 0.25) is 0 Å². The summed E-state index contributed by atoms with van der Waals surface area (Å²) in [6.45, 7) is 0.191. The van der Waals surface area contributed by atoms with Gasteiger partial charge in [0.25, 0.3) is 0 Å². The zero-order valence-corrected chi connectivity index (χ0v) is 11.0. The van der Waals surface area contributed by atoms with Crippen molar-refractivity contribution >= 4 is 18.2 Å². The van der Waals surface area contributed by atoms with Crippen LogP contribution >= 0.6 is 0 Å². The van der Waals surface area contributed by atoms with E-state index in [1.165, 1.54) is 14.2 Å². The van der Waals surface area contributed by atoms with E-state index >= 15 is 0 Å². The monoisotopic (exact) mass is 263 g/mol. The summed E-state index contributed by atoms with van der Waals surface area (Å²) in [5.41, 5.74) is 0.934. The fourth-order valence-corrected chi connectivity index (χ4v) is 1.50. The van der Waals surface area contributed by atoms with Gasteiger partial charge in [0.1, 0.15) is 0 Å². The van der Waals surface area contributed by atoms with Crippen LogP contribution in [0.5, 0.6) is 0 Å². The fourth-order valence-electron chi connectivity index (χ4n) is 1.50. The van der Waals surface area contributed by atoms with Crippen LogP contribution in [0.4, 0.5) is 0 Å². The summed E-state index contributed by atoms with van der Waals surface area (Å²) >= 11 is 0. The van der Waals surface area contributed by atoms with Gasteiger partial charge in [-0.2, -0.15) is 0 Å². The molecule has 0 aliphatic carbocycles. The molecule has 0 radical (unpaired) electrons. The van der Waals surface area contributed by atoms with Gasteiger partial charge < -0.3 is 9.47 Å². The molecule has 19 heavy (non-hydrogen) atoms. The minimum absolute atomic E-state index is 0.0324. The summed E-state index contributed by atoms with van der Waals surface area (Å²) < 4.78 is 9.18. The number of hydrogen-bond donors (Lipinski definition) is 0. The van der Waals surface area contributed by atoms with Gasteiger partial charge in [-0.25, -0.2) is 0 Å². The summed E-state index contributed by atoms with van der Waals surface area (Å²) in [6.07, 6.45) is 1.63. The van der Waals surface area contributed by atoms with Gasteiger partial charge in [0.05, 0.1) is 33.1 Å². The van der Waals surface area contributed by atoms with Gasteiger partial charge in [-0.1, -0.05) is 30.3 Å². The first kappa shape index (κ1) is 14.9.